The summed E-state index contributed by atoms with van der Waals surface area (Å²) < 4.78 is 11.4. The van der Waals surface area contributed by atoms with Crippen LogP contribution in [0.3, 0.4) is 0 Å². The zero-order valence-corrected chi connectivity index (χ0v) is 12.5. The molecule has 0 spiro atoms. The van der Waals surface area contributed by atoms with Gasteiger partial charge in [-0.3, -0.25) is 9.00 Å². The van der Waals surface area contributed by atoms with Gasteiger partial charge in [0, 0.05) is 27.6 Å². The highest BCUT2D eigenvalue weighted by atomic mass is 35.5. The molecule has 4 nitrogen and oxygen atoms in total. The normalized spacial score (nSPS) is 20.2. The van der Waals surface area contributed by atoms with Crippen LogP contribution in [-0.4, -0.2) is 29.0 Å². The smallest absolute Gasteiger partial charge is 0.241 e. The molecule has 1 aromatic rings. The molecule has 0 aliphatic carbocycles. The molecule has 2 rings (SSSR count). The minimum absolute atomic E-state index is 0. The van der Waals surface area contributed by atoms with E-state index < -0.39 is 10.8 Å². The Bertz CT molecular complexity index is 462. The topological polar surface area (TPSA) is 58.2 Å². The fourth-order valence-electron chi connectivity index (χ4n) is 2.06. The number of carbonyl (C=O) groups is 1. The highest BCUT2D eigenvalue weighted by Crippen LogP contribution is 2.15. The summed E-state index contributed by atoms with van der Waals surface area (Å²) in [7, 11) is -1.03. The lowest BCUT2D eigenvalue weighted by atomic mass is 10.0. The Balaban J connectivity index is 0.00000180. The molecule has 2 atom stereocenters. The van der Waals surface area contributed by atoms with E-state index in [4.69, 9.17) is 0 Å². The summed E-state index contributed by atoms with van der Waals surface area (Å²) in [5.41, 5.74) is 0.708. The van der Waals surface area contributed by atoms with Gasteiger partial charge in [-0.25, -0.2) is 0 Å². The molecule has 1 aromatic carbocycles. The molecular formula is C13H19ClN2O2S. The van der Waals surface area contributed by atoms with E-state index in [0.29, 0.717) is 5.69 Å². The molecule has 1 fully saturated rings. The van der Waals surface area contributed by atoms with Crippen molar-refractivity contribution in [3.63, 3.8) is 0 Å². The number of hydrogen-bond donors (Lipinski definition) is 2. The molecule has 1 aliphatic heterocycles. The van der Waals surface area contributed by atoms with Crippen LogP contribution in [0.15, 0.2) is 29.2 Å². The molecule has 0 radical (unpaired) electrons. The quantitative estimate of drug-likeness (QED) is 0.897. The third kappa shape index (κ3) is 4.60. The van der Waals surface area contributed by atoms with E-state index in [1.165, 1.54) is 0 Å². The van der Waals surface area contributed by atoms with Crippen LogP contribution in [0.1, 0.15) is 19.3 Å². The summed E-state index contributed by atoms with van der Waals surface area (Å²) in [6.45, 7) is 0.900. The number of nitrogens with one attached hydrogen (secondary N) is 2. The average molecular weight is 303 g/mol. The van der Waals surface area contributed by atoms with Gasteiger partial charge in [-0.05, 0) is 37.6 Å². The SMILES string of the molecule is CS(=O)c1cccc(NC(=O)C2CCCCN2)c1.Cl. The summed E-state index contributed by atoms with van der Waals surface area (Å²) >= 11 is 0. The van der Waals surface area contributed by atoms with Crippen LogP contribution >= 0.6 is 12.4 Å². The third-order valence-corrected chi connectivity index (χ3v) is 3.98. The van der Waals surface area contributed by atoms with Gasteiger partial charge in [-0.15, -0.1) is 12.4 Å². The van der Waals surface area contributed by atoms with Gasteiger partial charge in [0.1, 0.15) is 0 Å². The van der Waals surface area contributed by atoms with Gasteiger partial charge in [-0.2, -0.15) is 0 Å². The first kappa shape index (κ1) is 16.1. The number of hydrogen-bond acceptors (Lipinski definition) is 3. The van der Waals surface area contributed by atoms with Gasteiger partial charge in [-0.1, -0.05) is 12.5 Å². The summed E-state index contributed by atoms with van der Waals surface area (Å²) in [5.74, 6) is -0.00580. The molecule has 2 N–H and O–H groups in total. The van der Waals surface area contributed by atoms with E-state index in [1.54, 1.807) is 24.5 Å². The second-order valence-electron chi connectivity index (χ2n) is 4.47. The number of amides is 1. The minimum atomic E-state index is -1.03. The number of piperidine rings is 1. The molecule has 1 saturated heterocycles. The van der Waals surface area contributed by atoms with Gasteiger partial charge < -0.3 is 10.6 Å². The molecule has 0 bridgehead atoms. The highest BCUT2D eigenvalue weighted by Gasteiger charge is 2.20. The molecule has 2 unspecified atom stereocenters. The van der Waals surface area contributed by atoms with E-state index >= 15 is 0 Å². The summed E-state index contributed by atoms with van der Waals surface area (Å²) in [5, 5.41) is 6.08. The van der Waals surface area contributed by atoms with E-state index in [1.807, 2.05) is 6.07 Å². The van der Waals surface area contributed by atoms with Crippen molar-refractivity contribution in [2.75, 3.05) is 18.1 Å². The first-order chi connectivity index (χ1) is 8.66. The van der Waals surface area contributed by atoms with Crippen LogP contribution in [0.4, 0.5) is 5.69 Å². The van der Waals surface area contributed by atoms with Crippen molar-refractivity contribution in [2.45, 2.75) is 30.2 Å². The maximum Gasteiger partial charge on any atom is 0.241 e. The Morgan fingerprint density at radius 2 is 2.21 bits per heavy atom. The van der Waals surface area contributed by atoms with E-state index in [2.05, 4.69) is 10.6 Å². The van der Waals surface area contributed by atoms with Crippen LogP contribution in [0, 0.1) is 0 Å². The monoisotopic (exact) mass is 302 g/mol. The summed E-state index contributed by atoms with van der Waals surface area (Å²) in [4.78, 5) is 12.7. The lowest BCUT2D eigenvalue weighted by Crippen LogP contribution is -2.43. The number of rotatable bonds is 3. The minimum Gasteiger partial charge on any atom is -0.325 e. The summed E-state index contributed by atoms with van der Waals surface area (Å²) in [6, 6.07) is 7.08. The van der Waals surface area contributed by atoms with E-state index in [0.717, 1.165) is 30.7 Å². The molecule has 19 heavy (non-hydrogen) atoms. The lowest BCUT2D eigenvalue weighted by Gasteiger charge is -2.22. The van der Waals surface area contributed by atoms with E-state index in [9.17, 15) is 9.00 Å². The molecule has 0 aromatic heterocycles. The van der Waals surface area contributed by atoms with Crippen molar-refractivity contribution in [3.8, 4) is 0 Å². The number of halogens is 1. The van der Waals surface area contributed by atoms with Crippen molar-refractivity contribution in [1.29, 1.82) is 0 Å². The molecular weight excluding hydrogens is 284 g/mol. The predicted molar refractivity (Wildman–Crippen MR) is 80.3 cm³/mol. The Hall–Kier alpha value is -0.910. The maximum absolute atomic E-state index is 12.0. The molecule has 106 valence electrons. The van der Waals surface area contributed by atoms with Crippen LogP contribution in [0.25, 0.3) is 0 Å². The maximum atomic E-state index is 12.0. The van der Waals surface area contributed by atoms with Crippen LogP contribution in [0.2, 0.25) is 0 Å². The third-order valence-electron chi connectivity index (χ3n) is 3.06. The Kier molecular flexibility index (Phi) is 6.48. The van der Waals surface area contributed by atoms with Crippen molar-refractivity contribution >= 4 is 34.8 Å². The second-order valence-corrected chi connectivity index (χ2v) is 5.85. The van der Waals surface area contributed by atoms with Crippen molar-refractivity contribution < 1.29 is 9.00 Å². The van der Waals surface area contributed by atoms with Gasteiger partial charge >= 0.3 is 0 Å². The van der Waals surface area contributed by atoms with Gasteiger partial charge in [0.2, 0.25) is 5.91 Å². The zero-order chi connectivity index (χ0) is 13.0. The van der Waals surface area contributed by atoms with Gasteiger partial charge in [0.15, 0.2) is 0 Å². The average Bonchev–Trinajstić information content (AvgIpc) is 2.40. The second kappa shape index (κ2) is 7.62. The summed E-state index contributed by atoms with van der Waals surface area (Å²) in [6.07, 6.45) is 4.73. The molecule has 1 heterocycles. The zero-order valence-electron chi connectivity index (χ0n) is 10.8. The number of benzene rings is 1. The molecule has 1 amide bonds. The molecule has 0 saturated carbocycles. The fourth-order valence-corrected chi connectivity index (χ4v) is 2.62. The Morgan fingerprint density at radius 1 is 1.42 bits per heavy atom. The van der Waals surface area contributed by atoms with Crippen LogP contribution in [-0.2, 0) is 15.6 Å². The van der Waals surface area contributed by atoms with Crippen LogP contribution in [0.5, 0.6) is 0 Å². The van der Waals surface area contributed by atoms with Crippen LogP contribution < -0.4 is 10.6 Å². The molecule has 6 heteroatoms. The lowest BCUT2D eigenvalue weighted by molar-refractivity contribution is -0.118. The van der Waals surface area contributed by atoms with Crippen molar-refractivity contribution in [2.24, 2.45) is 0 Å². The first-order valence-electron chi connectivity index (χ1n) is 6.14. The van der Waals surface area contributed by atoms with Crippen molar-refractivity contribution in [3.05, 3.63) is 24.3 Å². The molecule has 1 aliphatic rings. The Labute approximate surface area is 122 Å². The first-order valence-corrected chi connectivity index (χ1v) is 7.70. The van der Waals surface area contributed by atoms with Gasteiger partial charge in [0.25, 0.3) is 0 Å². The van der Waals surface area contributed by atoms with Crippen molar-refractivity contribution in [1.82, 2.24) is 5.32 Å². The predicted octanol–water partition coefficient (Wildman–Crippen LogP) is 1.93. The van der Waals surface area contributed by atoms with E-state index in [-0.39, 0.29) is 24.4 Å². The van der Waals surface area contributed by atoms with Gasteiger partial charge in [0.05, 0.1) is 6.04 Å². The highest BCUT2D eigenvalue weighted by molar-refractivity contribution is 7.84. The largest absolute Gasteiger partial charge is 0.325 e. The number of carbonyl (C=O) groups excluding carboxylic acids is 1. The Morgan fingerprint density at radius 3 is 2.84 bits per heavy atom. The fraction of sp³-hybridized carbons (Fsp3) is 0.462. The number of anilines is 1. The standard InChI is InChI=1S/C13H18N2O2S.ClH/c1-18(17)11-6-4-5-10(9-11)15-13(16)12-7-2-3-8-14-12;/h4-6,9,12,14H,2-3,7-8H2,1H3,(H,15,16);1H.